The predicted molar refractivity (Wildman–Crippen MR) is 141 cm³/mol. The van der Waals surface area contributed by atoms with Crippen molar-refractivity contribution in [1.82, 2.24) is 9.80 Å². The van der Waals surface area contributed by atoms with Gasteiger partial charge < -0.3 is 10.1 Å². The van der Waals surface area contributed by atoms with E-state index in [2.05, 4.69) is 46.6 Å². The third-order valence-electron chi connectivity index (χ3n) is 6.42. The first-order valence-corrected chi connectivity index (χ1v) is 12.9. The Morgan fingerprint density at radius 3 is 2.40 bits per heavy atom. The van der Waals surface area contributed by atoms with E-state index < -0.39 is 0 Å². The lowest BCUT2D eigenvalue weighted by atomic mass is 10.0. The van der Waals surface area contributed by atoms with Crippen LogP contribution in [-0.4, -0.2) is 47.9 Å². The molecule has 0 saturated heterocycles. The van der Waals surface area contributed by atoms with Crippen molar-refractivity contribution >= 4 is 28.2 Å². The maximum absolute atomic E-state index is 13.2. The van der Waals surface area contributed by atoms with Crippen LogP contribution in [-0.2, 0) is 35.6 Å². The molecule has 0 bridgehead atoms. The number of fused-ring (bicyclic) bond motifs is 1. The molecule has 7 heteroatoms. The number of benzene rings is 2. The number of carbonyl (C=O) groups excluding carboxylic acids is 2. The Kier molecular flexibility index (Phi) is 8.33. The summed E-state index contributed by atoms with van der Waals surface area (Å²) in [6.45, 7) is 7.11. The number of nitrogens with zero attached hydrogens (tertiary/aromatic N) is 2. The van der Waals surface area contributed by atoms with Crippen molar-refractivity contribution in [3.8, 4) is 0 Å². The fourth-order valence-corrected chi connectivity index (χ4v) is 5.65. The van der Waals surface area contributed by atoms with Gasteiger partial charge >= 0.3 is 5.97 Å². The Hall–Kier alpha value is -3.00. The molecule has 0 saturated carbocycles. The zero-order chi connectivity index (χ0) is 24.8. The molecular formula is C28H33N3O3S. The van der Waals surface area contributed by atoms with Crippen molar-refractivity contribution in [2.75, 3.05) is 25.5 Å². The molecule has 2 heterocycles. The van der Waals surface area contributed by atoms with Crippen LogP contribution in [0.5, 0.6) is 0 Å². The van der Waals surface area contributed by atoms with Crippen molar-refractivity contribution in [2.45, 2.75) is 45.9 Å². The molecule has 1 N–H and O–H groups in total. The summed E-state index contributed by atoms with van der Waals surface area (Å²) in [5, 5.41) is 3.65. The Balaban J connectivity index is 1.50. The third kappa shape index (κ3) is 6.17. The molecular weight excluding hydrogens is 458 g/mol. The number of hydrogen-bond acceptors (Lipinski definition) is 6. The minimum atomic E-state index is -0.362. The Morgan fingerprint density at radius 1 is 1.09 bits per heavy atom. The smallest absolute Gasteiger partial charge is 0.341 e. The van der Waals surface area contributed by atoms with Crippen LogP contribution < -0.4 is 5.32 Å². The molecule has 1 aliphatic rings. The summed E-state index contributed by atoms with van der Waals surface area (Å²) in [5.41, 5.74) is 3.95. The number of esters is 1. The van der Waals surface area contributed by atoms with Crippen molar-refractivity contribution in [1.29, 1.82) is 0 Å². The molecule has 3 aromatic rings. The lowest BCUT2D eigenvalue weighted by molar-refractivity contribution is -0.120. The fraction of sp³-hybridized carbons (Fsp3) is 0.357. The van der Waals surface area contributed by atoms with Crippen LogP contribution in [0.2, 0.25) is 0 Å². The van der Waals surface area contributed by atoms with Crippen molar-refractivity contribution in [2.24, 2.45) is 0 Å². The van der Waals surface area contributed by atoms with Gasteiger partial charge in [0.1, 0.15) is 5.00 Å². The summed E-state index contributed by atoms with van der Waals surface area (Å²) < 4.78 is 5.38. The first kappa shape index (κ1) is 25.1. The lowest BCUT2D eigenvalue weighted by Crippen LogP contribution is -2.39. The molecule has 4 rings (SSSR count). The number of carbonyl (C=O) groups is 2. The largest absolute Gasteiger partial charge is 0.462 e. The molecule has 0 unspecified atom stereocenters. The van der Waals surface area contributed by atoms with E-state index in [1.165, 1.54) is 16.9 Å². The van der Waals surface area contributed by atoms with Crippen LogP contribution >= 0.6 is 11.3 Å². The van der Waals surface area contributed by atoms with E-state index in [-0.39, 0.29) is 17.9 Å². The first-order valence-electron chi connectivity index (χ1n) is 12.1. The number of ether oxygens (including phenoxy) is 1. The molecule has 6 nitrogen and oxygen atoms in total. The molecule has 1 aromatic heterocycles. The fourth-order valence-electron chi connectivity index (χ4n) is 4.37. The summed E-state index contributed by atoms with van der Waals surface area (Å²) >= 11 is 1.50. The van der Waals surface area contributed by atoms with Gasteiger partial charge in [0.25, 0.3) is 0 Å². The maximum Gasteiger partial charge on any atom is 0.341 e. The van der Waals surface area contributed by atoms with Crippen molar-refractivity contribution in [3.63, 3.8) is 0 Å². The van der Waals surface area contributed by atoms with Gasteiger partial charge in [0.2, 0.25) is 5.91 Å². The average molecular weight is 492 g/mol. The molecule has 35 heavy (non-hydrogen) atoms. The SMILES string of the molecule is CCOC(=O)c1c(NC(=O)[C@H](C)N(C)Cc2ccccc2)sc2c1CCN(Cc1ccccc1)C2. The van der Waals surface area contributed by atoms with E-state index in [4.69, 9.17) is 4.74 Å². The average Bonchev–Trinajstić information content (AvgIpc) is 3.22. The summed E-state index contributed by atoms with van der Waals surface area (Å²) in [6.07, 6.45) is 0.756. The zero-order valence-electron chi connectivity index (χ0n) is 20.6. The summed E-state index contributed by atoms with van der Waals surface area (Å²) in [7, 11) is 1.93. The molecule has 0 radical (unpaired) electrons. The van der Waals surface area contributed by atoms with Crippen LogP contribution in [0.1, 0.15) is 45.8 Å². The van der Waals surface area contributed by atoms with E-state index in [9.17, 15) is 9.59 Å². The molecule has 1 aliphatic heterocycles. The molecule has 2 aromatic carbocycles. The minimum absolute atomic E-state index is 0.131. The van der Waals surface area contributed by atoms with Crippen LogP contribution in [0.3, 0.4) is 0 Å². The number of thiophene rings is 1. The second-order valence-corrected chi connectivity index (χ2v) is 10.0. The molecule has 0 aliphatic carbocycles. The zero-order valence-corrected chi connectivity index (χ0v) is 21.4. The van der Waals surface area contributed by atoms with Crippen LogP contribution in [0.15, 0.2) is 60.7 Å². The summed E-state index contributed by atoms with van der Waals surface area (Å²) in [4.78, 5) is 31.6. The molecule has 0 spiro atoms. The molecule has 1 amide bonds. The number of likely N-dealkylation sites (N-methyl/N-ethyl adjacent to an activating group) is 1. The number of rotatable bonds is 9. The Morgan fingerprint density at radius 2 is 1.74 bits per heavy atom. The van der Waals surface area contributed by atoms with Gasteiger partial charge in [-0.15, -0.1) is 11.3 Å². The van der Waals surface area contributed by atoms with E-state index in [0.717, 1.165) is 42.1 Å². The highest BCUT2D eigenvalue weighted by Gasteiger charge is 2.30. The predicted octanol–water partition coefficient (Wildman–Crippen LogP) is 4.94. The second kappa shape index (κ2) is 11.6. The van der Waals surface area contributed by atoms with Crippen molar-refractivity contribution in [3.05, 3.63) is 87.8 Å². The Bertz CT molecular complexity index is 1150. The van der Waals surface area contributed by atoms with E-state index in [1.807, 2.05) is 43.1 Å². The maximum atomic E-state index is 13.2. The second-order valence-electron chi connectivity index (χ2n) is 8.94. The summed E-state index contributed by atoms with van der Waals surface area (Å²) in [6, 6.07) is 20.1. The van der Waals surface area contributed by atoms with Gasteiger partial charge in [0.05, 0.1) is 18.2 Å². The number of nitrogens with one attached hydrogen (secondary N) is 1. The van der Waals surface area contributed by atoms with Gasteiger partial charge in [0, 0.05) is 31.1 Å². The van der Waals surface area contributed by atoms with Gasteiger partial charge in [-0.2, -0.15) is 0 Å². The summed E-state index contributed by atoms with van der Waals surface area (Å²) in [5.74, 6) is -0.490. The van der Waals surface area contributed by atoms with Crippen LogP contribution in [0.25, 0.3) is 0 Å². The van der Waals surface area contributed by atoms with Gasteiger partial charge in [0.15, 0.2) is 0 Å². The highest BCUT2D eigenvalue weighted by atomic mass is 32.1. The van der Waals surface area contributed by atoms with Gasteiger partial charge in [-0.1, -0.05) is 60.7 Å². The number of anilines is 1. The molecule has 1 atom stereocenters. The standard InChI is InChI=1S/C28H33N3O3S/c1-4-34-28(33)25-23-15-16-31(18-22-13-9-6-10-14-22)19-24(23)35-27(25)29-26(32)20(2)30(3)17-21-11-7-5-8-12-21/h5-14,20H,4,15-19H2,1-3H3,(H,29,32)/t20-/m0/s1. The highest BCUT2D eigenvalue weighted by Crippen LogP contribution is 2.38. The van der Waals surface area contributed by atoms with Crippen LogP contribution in [0.4, 0.5) is 5.00 Å². The normalized spacial score (nSPS) is 14.4. The first-order chi connectivity index (χ1) is 17.0. The number of hydrogen-bond donors (Lipinski definition) is 1. The van der Waals surface area contributed by atoms with Gasteiger partial charge in [-0.05, 0) is 44.0 Å². The quantitative estimate of drug-likeness (QED) is 0.430. The highest BCUT2D eigenvalue weighted by molar-refractivity contribution is 7.17. The van der Waals surface area contributed by atoms with E-state index >= 15 is 0 Å². The monoisotopic (exact) mass is 491 g/mol. The van der Waals surface area contributed by atoms with Gasteiger partial charge in [-0.3, -0.25) is 14.6 Å². The van der Waals surface area contributed by atoms with E-state index in [1.54, 1.807) is 6.92 Å². The van der Waals surface area contributed by atoms with E-state index in [0.29, 0.717) is 23.7 Å². The lowest BCUT2D eigenvalue weighted by Gasteiger charge is -2.27. The minimum Gasteiger partial charge on any atom is -0.462 e. The Labute approximate surface area is 211 Å². The molecule has 0 fully saturated rings. The van der Waals surface area contributed by atoms with Gasteiger partial charge in [-0.25, -0.2) is 4.79 Å². The molecule has 184 valence electrons. The van der Waals surface area contributed by atoms with Crippen LogP contribution in [0, 0.1) is 0 Å². The number of amides is 1. The topological polar surface area (TPSA) is 61.9 Å². The van der Waals surface area contributed by atoms with Crippen molar-refractivity contribution < 1.29 is 14.3 Å². The third-order valence-corrected chi connectivity index (χ3v) is 7.55.